The monoisotopic (exact) mass is 306 g/mol. The third-order valence-corrected chi connectivity index (χ3v) is 3.48. The predicted octanol–water partition coefficient (Wildman–Crippen LogP) is 2.58. The molecule has 2 heterocycles. The second kappa shape index (κ2) is 6.85. The number of nitrogens with one attached hydrogen (secondary N) is 1. The first-order chi connectivity index (χ1) is 10.2. The molecule has 0 atom stereocenters. The number of aromatic nitrogens is 1. The summed E-state index contributed by atoms with van der Waals surface area (Å²) in [5.74, 6) is -0.626. The Labute approximate surface area is 125 Å². The van der Waals surface area contributed by atoms with Gasteiger partial charge in [-0.1, -0.05) is 0 Å². The van der Waals surface area contributed by atoms with Crippen molar-refractivity contribution in [2.45, 2.75) is 6.92 Å². The number of thiophene rings is 1. The highest BCUT2D eigenvalue weighted by atomic mass is 32.1. The van der Waals surface area contributed by atoms with Gasteiger partial charge in [0.15, 0.2) is 0 Å². The van der Waals surface area contributed by atoms with Gasteiger partial charge in [-0.25, -0.2) is 9.78 Å². The number of hydrogen-bond acceptors (Lipinski definition) is 6. The van der Waals surface area contributed by atoms with Crippen molar-refractivity contribution in [3.8, 4) is 5.88 Å². The molecule has 0 aromatic carbocycles. The van der Waals surface area contributed by atoms with Crippen molar-refractivity contribution in [2.24, 2.45) is 0 Å². The van der Waals surface area contributed by atoms with Gasteiger partial charge < -0.3 is 14.8 Å². The lowest BCUT2D eigenvalue weighted by Gasteiger charge is -2.09. The number of rotatable bonds is 5. The first-order valence-electron chi connectivity index (χ1n) is 6.22. The van der Waals surface area contributed by atoms with Crippen LogP contribution in [0.4, 0.5) is 5.69 Å². The van der Waals surface area contributed by atoms with Crippen molar-refractivity contribution >= 4 is 28.9 Å². The number of esters is 1. The summed E-state index contributed by atoms with van der Waals surface area (Å²) >= 11 is 1.20. The van der Waals surface area contributed by atoms with E-state index < -0.39 is 11.9 Å². The minimum Gasteiger partial charge on any atom is -0.477 e. The molecule has 0 unspecified atom stereocenters. The normalized spacial score (nSPS) is 10.0. The zero-order valence-corrected chi connectivity index (χ0v) is 12.4. The summed E-state index contributed by atoms with van der Waals surface area (Å²) in [6.45, 7) is 2.22. The van der Waals surface area contributed by atoms with E-state index in [-0.39, 0.29) is 5.88 Å². The molecule has 1 N–H and O–H groups in total. The molecule has 2 aromatic rings. The van der Waals surface area contributed by atoms with Crippen molar-refractivity contribution in [3.05, 3.63) is 40.2 Å². The van der Waals surface area contributed by atoms with E-state index in [9.17, 15) is 9.59 Å². The van der Waals surface area contributed by atoms with E-state index in [4.69, 9.17) is 4.74 Å². The molecule has 21 heavy (non-hydrogen) atoms. The van der Waals surface area contributed by atoms with Crippen molar-refractivity contribution in [1.29, 1.82) is 0 Å². The van der Waals surface area contributed by atoms with Gasteiger partial charge in [0, 0.05) is 6.20 Å². The SMILES string of the molecule is CCOc1ncccc1C(=O)Nc1ccsc1C(=O)OC. The van der Waals surface area contributed by atoms with Gasteiger partial charge in [-0.3, -0.25) is 4.79 Å². The van der Waals surface area contributed by atoms with Crippen LogP contribution in [0, 0.1) is 0 Å². The molecule has 7 heteroatoms. The molecule has 2 rings (SSSR count). The number of anilines is 1. The molecule has 6 nitrogen and oxygen atoms in total. The Hall–Kier alpha value is -2.41. The molecule has 0 aliphatic heterocycles. The zero-order chi connectivity index (χ0) is 15.2. The lowest BCUT2D eigenvalue weighted by atomic mass is 10.2. The Morgan fingerprint density at radius 2 is 2.19 bits per heavy atom. The summed E-state index contributed by atoms with van der Waals surface area (Å²) in [4.78, 5) is 28.2. The molecule has 110 valence electrons. The number of nitrogens with zero attached hydrogens (tertiary/aromatic N) is 1. The van der Waals surface area contributed by atoms with E-state index in [0.717, 1.165) is 0 Å². The highest BCUT2D eigenvalue weighted by Gasteiger charge is 2.18. The third kappa shape index (κ3) is 3.38. The molecule has 0 fully saturated rings. The first-order valence-corrected chi connectivity index (χ1v) is 7.10. The van der Waals surface area contributed by atoms with Crippen LogP contribution in [0.3, 0.4) is 0 Å². The quantitative estimate of drug-likeness (QED) is 0.859. The maximum absolute atomic E-state index is 12.3. The van der Waals surface area contributed by atoms with Crippen LogP contribution in [0.5, 0.6) is 5.88 Å². The fourth-order valence-corrected chi connectivity index (χ4v) is 2.43. The highest BCUT2D eigenvalue weighted by Crippen LogP contribution is 2.24. The number of ether oxygens (including phenoxy) is 2. The molecule has 0 aliphatic carbocycles. The van der Waals surface area contributed by atoms with Crippen LogP contribution in [0.2, 0.25) is 0 Å². The first kappa shape index (κ1) is 15.0. The molecule has 0 spiro atoms. The number of amides is 1. The minimum absolute atomic E-state index is 0.257. The van der Waals surface area contributed by atoms with E-state index in [2.05, 4.69) is 15.0 Å². The predicted molar refractivity (Wildman–Crippen MR) is 79.0 cm³/mol. The van der Waals surface area contributed by atoms with E-state index >= 15 is 0 Å². The second-order valence-corrected chi connectivity index (χ2v) is 4.81. The number of pyridine rings is 1. The van der Waals surface area contributed by atoms with E-state index in [0.29, 0.717) is 22.7 Å². The van der Waals surface area contributed by atoms with Crippen LogP contribution >= 0.6 is 11.3 Å². The van der Waals surface area contributed by atoms with Gasteiger partial charge in [0.2, 0.25) is 5.88 Å². The van der Waals surface area contributed by atoms with Crippen molar-refractivity contribution in [2.75, 3.05) is 19.0 Å². The van der Waals surface area contributed by atoms with E-state index in [1.807, 2.05) is 6.92 Å². The topological polar surface area (TPSA) is 77.5 Å². The molecule has 1 amide bonds. The number of carbonyl (C=O) groups is 2. The fourth-order valence-electron chi connectivity index (χ4n) is 1.66. The summed E-state index contributed by atoms with van der Waals surface area (Å²) in [6, 6.07) is 4.90. The Kier molecular flexibility index (Phi) is 4.89. The van der Waals surface area contributed by atoms with Crippen molar-refractivity contribution in [3.63, 3.8) is 0 Å². The molecule has 0 bridgehead atoms. The Balaban J connectivity index is 2.23. The molecule has 0 saturated carbocycles. The van der Waals surface area contributed by atoms with Gasteiger partial charge in [-0.15, -0.1) is 11.3 Å². The lowest BCUT2D eigenvalue weighted by molar-refractivity contribution is 0.0607. The van der Waals surface area contributed by atoms with Crippen LogP contribution < -0.4 is 10.1 Å². The molecular formula is C14H14N2O4S. The van der Waals surface area contributed by atoms with Gasteiger partial charge >= 0.3 is 5.97 Å². The fraction of sp³-hybridized carbons (Fsp3) is 0.214. The Morgan fingerprint density at radius 1 is 1.38 bits per heavy atom. The maximum Gasteiger partial charge on any atom is 0.350 e. The largest absolute Gasteiger partial charge is 0.477 e. The molecular weight excluding hydrogens is 292 g/mol. The van der Waals surface area contributed by atoms with E-state index in [1.54, 1.807) is 29.8 Å². The third-order valence-electron chi connectivity index (χ3n) is 2.58. The number of hydrogen-bond donors (Lipinski definition) is 1. The summed E-state index contributed by atoms with van der Waals surface area (Å²) in [7, 11) is 1.29. The summed E-state index contributed by atoms with van der Waals surface area (Å²) < 4.78 is 9.98. The average molecular weight is 306 g/mol. The van der Waals surface area contributed by atoms with Crippen LogP contribution in [-0.4, -0.2) is 30.6 Å². The Bertz CT molecular complexity index is 654. The van der Waals surface area contributed by atoms with Crippen LogP contribution in [0.1, 0.15) is 27.0 Å². The standard InChI is InChI=1S/C14H14N2O4S/c1-3-20-13-9(5-4-7-15-13)12(17)16-10-6-8-21-11(10)14(18)19-2/h4-8H,3H2,1-2H3,(H,16,17). The summed E-state index contributed by atoms with van der Waals surface area (Å²) in [6.07, 6.45) is 1.55. The lowest BCUT2D eigenvalue weighted by Crippen LogP contribution is -2.15. The van der Waals surface area contributed by atoms with Gasteiger partial charge in [0.05, 0.1) is 19.4 Å². The highest BCUT2D eigenvalue weighted by molar-refractivity contribution is 7.12. The van der Waals surface area contributed by atoms with Crippen LogP contribution in [-0.2, 0) is 4.74 Å². The molecule has 0 aliphatic rings. The second-order valence-electron chi connectivity index (χ2n) is 3.90. The smallest absolute Gasteiger partial charge is 0.350 e. The van der Waals surface area contributed by atoms with Crippen molar-refractivity contribution < 1.29 is 19.1 Å². The van der Waals surface area contributed by atoms with Gasteiger partial charge in [-0.05, 0) is 30.5 Å². The van der Waals surface area contributed by atoms with Gasteiger partial charge in [0.1, 0.15) is 10.4 Å². The Morgan fingerprint density at radius 3 is 2.90 bits per heavy atom. The molecule has 0 saturated heterocycles. The number of carbonyl (C=O) groups excluding carboxylic acids is 2. The number of methoxy groups -OCH3 is 1. The van der Waals surface area contributed by atoms with Crippen molar-refractivity contribution in [1.82, 2.24) is 4.98 Å². The van der Waals surface area contributed by atoms with Gasteiger partial charge in [-0.2, -0.15) is 0 Å². The van der Waals surface area contributed by atoms with Gasteiger partial charge in [0.25, 0.3) is 5.91 Å². The zero-order valence-electron chi connectivity index (χ0n) is 11.6. The molecule has 2 aromatic heterocycles. The minimum atomic E-state index is -0.489. The molecule has 0 radical (unpaired) electrons. The maximum atomic E-state index is 12.3. The average Bonchev–Trinajstić information content (AvgIpc) is 2.95. The van der Waals surface area contributed by atoms with Crippen LogP contribution in [0.25, 0.3) is 0 Å². The summed E-state index contributed by atoms with van der Waals surface area (Å²) in [5.41, 5.74) is 0.713. The van der Waals surface area contributed by atoms with E-state index in [1.165, 1.54) is 18.4 Å². The van der Waals surface area contributed by atoms with Crippen LogP contribution in [0.15, 0.2) is 29.8 Å². The summed E-state index contributed by atoms with van der Waals surface area (Å²) in [5, 5.41) is 4.37.